The highest BCUT2D eigenvalue weighted by Gasteiger charge is 2.36. The molecule has 24 heavy (non-hydrogen) atoms. The first-order valence-electron chi connectivity index (χ1n) is 7.69. The molecular formula is C19H18N2O3. The number of hydrogen-bond donors (Lipinski definition) is 0. The number of rotatable bonds is 2. The monoisotopic (exact) mass is 322 g/mol. The summed E-state index contributed by atoms with van der Waals surface area (Å²) in [4.78, 5) is 25.2. The SMILES string of the molecule is CC1=CC(C)(C)N(C(=O)c2ccc([N+](=O)[O-])cc2)c2ccccc21. The fourth-order valence-corrected chi connectivity index (χ4v) is 3.21. The summed E-state index contributed by atoms with van der Waals surface area (Å²) in [6.07, 6.45) is 2.07. The van der Waals surface area contributed by atoms with E-state index in [-0.39, 0.29) is 11.6 Å². The fourth-order valence-electron chi connectivity index (χ4n) is 3.21. The predicted octanol–water partition coefficient (Wildman–Crippen LogP) is 4.44. The number of nitro benzene ring substituents is 1. The second-order valence-corrected chi connectivity index (χ2v) is 6.44. The van der Waals surface area contributed by atoms with Crippen LogP contribution in [0.5, 0.6) is 0 Å². The first kappa shape index (κ1) is 15.9. The smallest absolute Gasteiger partial charge is 0.269 e. The molecule has 5 heteroatoms. The van der Waals surface area contributed by atoms with Crippen LogP contribution < -0.4 is 4.90 Å². The summed E-state index contributed by atoms with van der Waals surface area (Å²) in [5.74, 6) is -0.175. The van der Waals surface area contributed by atoms with Crippen molar-refractivity contribution in [3.05, 3.63) is 75.8 Å². The van der Waals surface area contributed by atoms with Crippen LogP contribution in [-0.2, 0) is 0 Å². The second-order valence-electron chi connectivity index (χ2n) is 6.44. The van der Waals surface area contributed by atoms with E-state index in [0.29, 0.717) is 5.56 Å². The van der Waals surface area contributed by atoms with Crippen molar-refractivity contribution >= 4 is 22.9 Å². The Bertz CT molecular complexity index is 851. The van der Waals surface area contributed by atoms with Crippen molar-refractivity contribution in [2.45, 2.75) is 26.3 Å². The van der Waals surface area contributed by atoms with Crippen molar-refractivity contribution in [1.82, 2.24) is 0 Å². The molecule has 1 aliphatic heterocycles. The molecule has 0 atom stereocenters. The van der Waals surface area contributed by atoms with Gasteiger partial charge in [0.15, 0.2) is 0 Å². The van der Waals surface area contributed by atoms with E-state index in [1.807, 2.05) is 45.0 Å². The van der Waals surface area contributed by atoms with Crippen LogP contribution in [0.4, 0.5) is 11.4 Å². The van der Waals surface area contributed by atoms with Gasteiger partial charge in [-0.1, -0.05) is 24.3 Å². The van der Waals surface area contributed by atoms with E-state index < -0.39 is 10.5 Å². The number of nitro groups is 1. The molecule has 122 valence electrons. The van der Waals surface area contributed by atoms with Crippen LogP contribution in [0.15, 0.2) is 54.6 Å². The zero-order valence-electron chi connectivity index (χ0n) is 13.8. The van der Waals surface area contributed by atoms with E-state index in [0.717, 1.165) is 16.8 Å². The number of anilines is 1. The van der Waals surface area contributed by atoms with E-state index >= 15 is 0 Å². The summed E-state index contributed by atoms with van der Waals surface area (Å²) in [5, 5.41) is 10.8. The number of benzene rings is 2. The molecule has 0 aromatic heterocycles. The third kappa shape index (κ3) is 2.58. The zero-order chi connectivity index (χ0) is 17.5. The highest BCUT2D eigenvalue weighted by molar-refractivity contribution is 6.09. The van der Waals surface area contributed by atoms with Gasteiger partial charge in [0.1, 0.15) is 0 Å². The number of allylic oxidation sites excluding steroid dienone is 1. The third-order valence-electron chi connectivity index (χ3n) is 4.24. The van der Waals surface area contributed by atoms with Crippen molar-refractivity contribution in [2.75, 3.05) is 4.90 Å². The summed E-state index contributed by atoms with van der Waals surface area (Å²) in [7, 11) is 0. The highest BCUT2D eigenvalue weighted by Crippen LogP contribution is 2.39. The Hall–Kier alpha value is -2.95. The first-order valence-corrected chi connectivity index (χ1v) is 7.69. The zero-order valence-corrected chi connectivity index (χ0v) is 13.8. The largest absolute Gasteiger partial charge is 0.299 e. The Kier molecular flexibility index (Phi) is 3.72. The lowest BCUT2D eigenvalue weighted by atomic mass is 9.88. The number of carbonyl (C=O) groups is 1. The Labute approximate surface area is 140 Å². The number of fused-ring (bicyclic) bond motifs is 1. The van der Waals surface area contributed by atoms with Crippen LogP contribution in [-0.4, -0.2) is 16.4 Å². The average Bonchev–Trinajstić information content (AvgIpc) is 2.54. The normalized spacial score (nSPS) is 15.5. The van der Waals surface area contributed by atoms with Crippen molar-refractivity contribution in [2.24, 2.45) is 0 Å². The van der Waals surface area contributed by atoms with E-state index in [1.54, 1.807) is 4.90 Å². The molecule has 0 fully saturated rings. The Morgan fingerprint density at radius 2 is 1.71 bits per heavy atom. The second kappa shape index (κ2) is 5.60. The van der Waals surface area contributed by atoms with Crippen molar-refractivity contribution in [3.8, 4) is 0 Å². The van der Waals surface area contributed by atoms with Gasteiger partial charge in [0.05, 0.1) is 16.1 Å². The van der Waals surface area contributed by atoms with Crippen LogP contribution in [0, 0.1) is 10.1 Å². The third-order valence-corrected chi connectivity index (χ3v) is 4.24. The summed E-state index contributed by atoms with van der Waals surface area (Å²) in [6.45, 7) is 6.00. The number of hydrogen-bond acceptors (Lipinski definition) is 3. The molecular weight excluding hydrogens is 304 g/mol. The summed E-state index contributed by atoms with van der Waals surface area (Å²) in [6, 6.07) is 13.5. The predicted molar refractivity (Wildman–Crippen MR) is 94.1 cm³/mol. The topological polar surface area (TPSA) is 63.5 Å². The number of nitrogens with zero attached hydrogens (tertiary/aromatic N) is 2. The van der Waals surface area contributed by atoms with Gasteiger partial charge in [0, 0.05) is 23.3 Å². The lowest BCUT2D eigenvalue weighted by Crippen LogP contribution is -2.48. The molecule has 2 aromatic carbocycles. The van der Waals surface area contributed by atoms with Crippen LogP contribution >= 0.6 is 0 Å². The summed E-state index contributed by atoms with van der Waals surface area (Å²) < 4.78 is 0. The Morgan fingerprint density at radius 1 is 1.08 bits per heavy atom. The van der Waals surface area contributed by atoms with Gasteiger partial charge < -0.3 is 0 Å². The number of carbonyl (C=O) groups excluding carboxylic acids is 1. The van der Waals surface area contributed by atoms with Crippen molar-refractivity contribution in [3.63, 3.8) is 0 Å². The molecule has 5 nitrogen and oxygen atoms in total. The maximum atomic E-state index is 13.1. The molecule has 0 aliphatic carbocycles. The Balaban J connectivity index is 2.07. The lowest BCUT2D eigenvalue weighted by molar-refractivity contribution is -0.384. The minimum atomic E-state index is -0.489. The van der Waals surface area contributed by atoms with Gasteiger partial charge in [0.2, 0.25) is 0 Å². The molecule has 1 aliphatic rings. The molecule has 0 radical (unpaired) electrons. The highest BCUT2D eigenvalue weighted by atomic mass is 16.6. The standard InChI is InChI=1S/C19H18N2O3/c1-13-12-19(2,3)20(17-7-5-4-6-16(13)17)18(22)14-8-10-15(11-9-14)21(23)24/h4-12H,1-3H3. The lowest BCUT2D eigenvalue weighted by Gasteiger charge is -2.41. The molecule has 0 spiro atoms. The van der Waals surface area contributed by atoms with Gasteiger partial charge in [0.25, 0.3) is 11.6 Å². The van der Waals surface area contributed by atoms with E-state index in [1.165, 1.54) is 24.3 Å². The number of para-hydroxylation sites is 1. The van der Waals surface area contributed by atoms with Crippen LogP contribution in [0.1, 0.15) is 36.7 Å². The van der Waals surface area contributed by atoms with Gasteiger partial charge in [-0.2, -0.15) is 0 Å². The number of amides is 1. The van der Waals surface area contributed by atoms with Gasteiger partial charge in [-0.15, -0.1) is 0 Å². The maximum Gasteiger partial charge on any atom is 0.269 e. The van der Waals surface area contributed by atoms with Gasteiger partial charge in [-0.3, -0.25) is 19.8 Å². The fraction of sp³-hybridized carbons (Fsp3) is 0.211. The molecule has 0 N–H and O–H groups in total. The minimum Gasteiger partial charge on any atom is -0.299 e. The molecule has 0 bridgehead atoms. The van der Waals surface area contributed by atoms with E-state index in [4.69, 9.17) is 0 Å². The van der Waals surface area contributed by atoms with Gasteiger partial charge in [-0.05, 0) is 44.5 Å². The van der Waals surface area contributed by atoms with E-state index in [9.17, 15) is 14.9 Å². The molecule has 0 saturated heterocycles. The van der Waals surface area contributed by atoms with E-state index in [2.05, 4.69) is 6.08 Å². The first-order chi connectivity index (χ1) is 11.3. The van der Waals surface area contributed by atoms with Crippen LogP contribution in [0.25, 0.3) is 5.57 Å². The van der Waals surface area contributed by atoms with Crippen LogP contribution in [0.3, 0.4) is 0 Å². The molecule has 0 saturated carbocycles. The average molecular weight is 322 g/mol. The van der Waals surface area contributed by atoms with Crippen molar-refractivity contribution < 1.29 is 9.72 Å². The van der Waals surface area contributed by atoms with Gasteiger partial charge >= 0.3 is 0 Å². The molecule has 1 amide bonds. The molecule has 0 unspecified atom stereocenters. The van der Waals surface area contributed by atoms with Gasteiger partial charge in [-0.25, -0.2) is 0 Å². The molecule has 3 rings (SSSR count). The molecule has 1 heterocycles. The maximum absolute atomic E-state index is 13.1. The quantitative estimate of drug-likeness (QED) is 0.606. The summed E-state index contributed by atoms with van der Waals surface area (Å²) in [5.41, 5.74) is 2.91. The summed E-state index contributed by atoms with van der Waals surface area (Å²) >= 11 is 0. The minimum absolute atomic E-state index is 0.0272. The number of non-ortho nitro benzene ring substituents is 1. The Morgan fingerprint density at radius 3 is 2.33 bits per heavy atom. The molecule has 2 aromatic rings. The van der Waals surface area contributed by atoms with Crippen LogP contribution in [0.2, 0.25) is 0 Å². The van der Waals surface area contributed by atoms with Crippen molar-refractivity contribution in [1.29, 1.82) is 0 Å².